The van der Waals surface area contributed by atoms with Crippen LogP contribution in [-0.4, -0.2) is 49.7 Å². The van der Waals surface area contributed by atoms with E-state index in [1.54, 1.807) is 18.5 Å². The van der Waals surface area contributed by atoms with E-state index in [2.05, 4.69) is 58.3 Å². The summed E-state index contributed by atoms with van der Waals surface area (Å²) in [6.07, 6.45) is 5.16. The molecule has 0 aliphatic carbocycles. The van der Waals surface area contributed by atoms with Crippen LogP contribution in [0.2, 0.25) is 0 Å². The van der Waals surface area contributed by atoms with Gasteiger partial charge in [0.1, 0.15) is 11.6 Å². The number of piperidine rings is 1. The molecule has 3 N–H and O–H groups in total. The average molecular weight is 425 g/mol. The Labute approximate surface area is 181 Å². The highest BCUT2D eigenvalue weighted by atomic mass is 19.1. The van der Waals surface area contributed by atoms with Gasteiger partial charge in [-0.25, -0.2) is 4.39 Å². The zero-order valence-corrected chi connectivity index (χ0v) is 18.6. The van der Waals surface area contributed by atoms with Crippen molar-refractivity contribution < 1.29 is 9.50 Å². The van der Waals surface area contributed by atoms with E-state index in [-0.39, 0.29) is 28.1 Å². The van der Waals surface area contributed by atoms with Crippen LogP contribution in [0.3, 0.4) is 0 Å². The minimum absolute atomic E-state index is 0.0136. The average Bonchev–Trinajstić information content (AvgIpc) is 3.20. The smallest absolute Gasteiger partial charge is 0.151 e. The molecule has 1 aromatic carbocycles. The van der Waals surface area contributed by atoms with Gasteiger partial charge in [0.05, 0.1) is 17.5 Å². The molecule has 0 atom stereocenters. The van der Waals surface area contributed by atoms with Crippen molar-refractivity contribution in [1.82, 2.24) is 25.7 Å². The molecule has 3 aromatic rings. The number of anilines is 1. The van der Waals surface area contributed by atoms with E-state index >= 15 is 0 Å². The highest BCUT2D eigenvalue weighted by Gasteiger charge is 2.39. The lowest BCUT2D eigenvalue weighted by molar-refractivity contribution is 0.160. The Bertz CT molecular complexity index is 1020. The number of hydrogen-bond acceptors (Lipinski definition) is 6. The Morgan fingerprint density at radius 2 is 1.77 bits per heavy atom. The number of aromatic hydroxyl groups is 1. The Hall–Kier alpha value is -3.00. The van der Waals surface area contributed by atoms with E-state index in [1.807, 2.05) is 13.1 Å². The van der Waals surface area contributed by atoms with Gasteiger partial charge in [-0.3, -0.25) is 5.10 Å². The molecule has 1 saturated heterocycles. The first kappa shape index (κ1) is 21.2. The molecule has 0 bridgehead atoms. The van der Waals surface area contributed by atoms with Gasteiger partial charge in [0.25, 0.3) is 0 Å². The fourth-order valence-corrected chi connectivity index (χ4v) is 4.80. The van der Waals surface area contributed by atoms with Crippen LogP contribution < -0.4 is 10.2 Å². The van der Waals surface area contributed by atoms with Crippen LogP contribution in [0.1, 0.15) is 40.5 Å². The highest BCUT2D eigenvalue weighted by Crippen LogP contribution is 2.36. The third-order valence-corrected chi connectivity index (χ3v) is 5.89. The largest absolute Gasteiger partial charge is 0.507 e. The summed E-state index contributed by atoms with van der Waals surface area (Å²) in [6.45, 7) is 8.84. The maximum absolute atomic E-state index is 14.8. The molecule has 0 radical (unpaired) electrons. The number of phenols is 1. The van der Waals surface area contributed by atoms with Gasteiger partial charge in [-0.05, 0) is 70.4 Å². The standard InChI is InChI=1S/C23H29FN6O/c1-22(2)10-16(11-23(3,4)29-22)30(5)20-7-6-18(27-28-20)21-17(24)8-14(9-19(21)31)15-12-25-26-13-15/h6-9,12-13,16,29,31H,10-11H2,1-5H3,(H,25,26). The maximum atomic E-state index is 14.8. The van der Waals surface area contributed by atoms with Crippen molar-refractivity contribution in [2.24, 2.45) is 0 Å². The lowest BCUT2D eigenvalue weighted by Gasteiger charge is -2.49. The molecular formula is C23H29FN6O. The van der Waals surface area contributed by atoms with Crippen molar-refractivity contribution in [3.63, 3.8) is 0 Å². The Balaban J connectivity index is 1.59. The Kier molecular flexibility index (Phi) is 5.21. The zero-order chi connectivity index (χ0) is 22.4. The summed E-state index contributed by atoms with van der Waals surface area (Å²) in [7, 11) is 2.02. The van der Waals surface area contributed by atoms with Gasteiger partial charge in [-0.2, -0.15) is 5.10 Å². The van der Waals surface area contributed by atoms with E-state index in [0.29, 0.717) is 17.2 Å². The van der Waals surface area contributed by atoms with Crippen molar-refractivity contribution in [2.75, 3.05) is 11.9 Å². The molecule has 4 rings (SSSR count). The van der Waals surface area contributed by atoms with Crippen molar-refractivity contribution in [3.8, 4) is 28.1 Å². The van der Waals surface area contributed by atoms with E-state index in [9.17, 15) is 9.50 Å². The molecule has 1 aliphatic heterocycles. The first-order valence-electron chi connectivity index (χ1n) is 10.4. The fourth-order valence-electron chi connectivity index (χ4n) is 4.80. The van der Waals surface area contributed by atoms with E-state index in [4.69, 9.17) is 0 Å². The number of aromatic amines is 1. The number of halogens is 1. The van der Waals surface area contributed by atoms with Crippen molar-refractivity contribution >= 4 is 5.82 Å². The number of H-pyrrole nitrogens is 1. The molecule has 0 spiro atoms. The highest BCUT2D eigenvalue weighted by molar-refractivity contribution is 5.74. The normalized spacial score (nSPS) is 18.1. The van der Waals surface area contributed by atoms with Gasteiger partial charge in [0, 0.05) is 35.9 Å². The molecule has 164 valence electrons. The number of hydrogen-bond donors (Lipinski definition) is 3. The van der Waals surface area contributed by atoms with Crippen LogP contribution >= 0.6 is 0 Å². The molecule has 7 nitrogen and oxygen atoms in total. The van der Waals surface area contributed by atoms with Crippen molar-refractivity contribution in [3.05, 3.63) is 42.5 Å². The van der Waals surface area contributed by atoms with Gasteiger partial charge in [-0.15, -0.1) is 10.2 Å². The van der Waals surface area contributed by atoms with Gasteiger partial charge < -0.3 is 15.3 Å². The van der Waals surface area contributed by atoms with Gasteiger partial charge in [0.15, 0.2) is 5.82 Å². The zero-order valence-electron chi connectivity index (χ0n) is 18.6. The predicted molar refractivity (Wildman–Crippen MR) is 119 cm³/mol. The van der Waals surface area contributed by atoms with Crippen molar-refractivity contribution in [1.29, 1.82) is 0 Å². The topological polar surface area (TPSA) is 90.0 Å². The van der Waals surface area contributed by atoms with Crippen LogP contribution in [-0.2, 0) is 0 Å². The first-order valence-corrected chi connectivity index (χ1v) is 10.4. The first-order chi connectivity index (χ1) is 14.5. The molecule has 0 saturated carbocycles. The van der Waals surface area contributed by atoms with Crippen molar-refractivity contribution in [2.45, 2.75) is 57.7 Å². The summed E-state index contributed by atoms with van der Waals surface area (Å²) in [6, 6.07) is 6.69. The lowest BCUT2D eigenvalue weighted by atomic mass is 9.79. The maximum Gasteiger partial charge on any atom is 0.151 e. The summed E-state index contributed by atoms with van der Waals surface area (Å²) in [5.41, 5.74) is 1.58. The van der Waals surface area contributed by atoms with Gasteiger partial charge in [-0.1, -0.05) is 0 Å². The quantitative estimate of drug-likeness (QED) is 0.584. The van der Waals surface area contributed by atoms with Crippen LogP contribution in [0.5, 0.6) is 5.75 Å². The molecule has 3 heterocycles. The number of nitrogens with zero attached hydrogens (tertiary/aromatic N) is 4. The molecule has 8 heteroatoms. The second-order valence-electron chi connectivity index (χ2n) is 9.68. The van der Waals surface area contributed by atoms with E-state index in [0.717, 1.165) is 18.7 Å². The minimum atomic E-state index is -0.562. The van der Waals surface area contributed by atoms with E-state index < -0.39 is 5.82 Å². The number of benzene rings is 1. The number of rotatable bonds is 4. The number of phenolic OH excluding ortho intramolecular Hbond substituents is 1. The van der Waals surface area contributed by atoms with Crippen LogP contribution in [0.15, 0.2) is 36.7 Å². The minimum Gasteiger partial charge on any atom is -0.507 e. The summed E-state index contributed by atoms with van der Waals surface area (Å²) in [5, 5.41) is 29.3. The lowest BCUT2D eigenvalue weighted by Crippen LogP contribution is -2.62. The van der Waals surface area contributed by atoms with Gasteiger partial charge >= 0.3 is 0 Å². The third kappa shape index (κ3) is 4.39. The monoisotopic (exact) mass is 424 g/mol. The molecule has 1 aliphatic rings. The molecule has 0 unspecified atom stereocenters. The molecule has 31 heavy (non-hydrogen) atoms. The summed E-state index contributed by atoms with van der Waals surface area (Å²) in [5.74, 6) is -0.0286. The number of aromatic nitrogens is 4. The summed E-state index contributed by atoms with van der Waals surface area (Å²) in [4.78, 5) is 2.14. The number of nitrogens with one attached hydrogen (secondary N) is 2. The van der Waals surface area contributed by atoms with Crippen LogP contribution in [0.25, 0.3) is 22.4 Å². The van der Waals surface area contributed by atoms with E-state index in [1.165, 1.54) is 12.1 Å². The Morgan fingerprint density at radius 1 is 1.06 bits per heavy atom. The third-order valence-electron chi connectivity index (χ3n) is 5.89. The summed E-state index contributed by atoms with van der Waals surface area (Å²) < 4.78 is 14.8. The van der Waals surface area contributed by atoms with Crippen LogP contribution in [0, 0.1) is 5.82 Å². The Morgan fingerprint density at radius 3 is 2.32 bits per heavy atom. The predicted octanol–water partition coefficient (Wildman–Crippen LogP) is 4.12. The summed E-state index contributed by atoms with van der Waals surface area (Å²) >= 11 is 0. The molecular weight excluding hydrogens is 395 g/mol. The molecule has 2 aromatic heterocycles. The fraction of sp³-hybridized carbons (Fsp3) is 0.435. The second kappa shape index (κ2) is 7.60. The van der Waals surface area contributed by atoms with Gasteiger partial charge in [0.2, 0.25) is 0 Å². The second-order valence-corrected chi connectivity index (χ2v) is 9.68. The SMILES string of the molecule is CN(c1ccc(-c2c(O)cc(-c3cn[nH]c3)cc2F)nn1)C1CC(C)(C)NC(C)(C)C1. The molecule has 0 amide bonds. The van der Waals surface area contributed by atoms with Crippen LogP contribution in [0.4, 0.5) is 10.2 Å². The molecule has 1 fully saturated rings.